The third-order valence-electron chi connectivity index (χ3n) is 6.81. The van der Waals surface area contributed by atoms with Crippen molar-refractivity contribution in [2.75, 3.05) is 24.7 Å². The number of nitrogens with zero attached hydrogens (tertiary/aromatic N) is 3. The van der Waals surface area contributed by atoms with Gasteiger partial charge in [-0.1, -0.05) is 56.7 Å². The van der Waals surface area contributed by atoms with Gasteiger partial charge in [0.05, 0.1) is 28.5 Å². The van der Waals surface area contributed by atoms with Crippen molar-refractivity contribution in [3.05, 3.63) is 80.5 Å². The highest BCUT2D eigenvalue weighted by Crippen LogP contribution is 2.37. The summed E-state index contributed by atoms with van der Waals surface area (Å²) < 4.78 is 0. The molecule has 1 atom stereocenters. The van der Waals surface area contributed by atoms with Crippen LogP contribution >= 0.6 is 11.3 Å². The van der Waals surface area contributed by atoms with Gasteiger partial charge in [-0.05, 0) is 69.6 Å². The van der Waals surface area contributed by atoms with Gasteiger partial charge in [0.2, 0.25) is 0 Å². The fourth-order valence-electron chi connectivity index (χ4n) is 5.03. The van der Waals surface area contributed by atoms with E-state index in [1.807, 2.05) is 25.3 Å². The maximum atomic E-state index is 13.6. The standard InChI is InChI=1S/C32H39N5OS/c1-7-11-25-24(27(12-8-2)33-23-15-10-14-22(18-23)19-37(5)6)17-16-21(4)29(25)34-32(38)26-20-39-31-28(13-9-3)35-36-30(26)31/h7,10-11,14-18,20,27,33H,8-9,12-13,19H2,1-6H3/p+1. The molecule has 0 bridgehead atoms. The minimum absolute atomic E-state index is 0.0949. The molecule has 1 amide bonds. The summed E-state index contributed by atoms with van der Waals surface area (Å²) in [6.45, 7) is 9.29. The Kier molecular flexibility index (Phi) is 9.52. The number of thiophene rings is 1. The lowest BCUT2D eigenvalue weighted by Gasteiger charge is -2.25. The normalized spacial score (nSPS) is 13.2. The third-order valence-corrected chi connectivity index (χ3v) is 7.83. The zero-order chi connectivity index (χ0) is 27.9. The number of aryl methyl sites for hydroxylation is 1. The van der Waals surface area contributed by atoms with Gasteiger partial charge in [-0.15, -0.1) is 11.3 Å². The molecule has 204 valence electrons. The number of rotatable bonds is 12. The molecule has 1 aliphatic heterocycles. The minimum Gasteiger partial charge on any atom is -0.378 e. The van der Waals surface area contributed by atoms with Crippen LogP contribution in [0.1, 0.15) is 90.0 Å². The van der Waals surface area contributed by atoms with E-state index >= 15 is 0 Å². The molecule has 6 nitrogen and oxygen atoms in total. The molecular weight excluding hydrogens is 502 g/mol. The van der Waals surface area contributed by atoms with Crippen LogP contribution in [0.4, 0.5) is 17.1 Å². The van der Waals surface area contributed by atoms with Crippen LogP contribution in [0, 0.1) is 6.92 Å². The van der Waals surface area contributed by atoms with Crippen molar-refractivity contribution in [3.8, 4) is 0 Å². The number of anilines is 2. The molecule has 0 saturated carbocycles. The van der Waals surface area contributed by atoms with E-state index in [9.17, 15) is 4.79 Å². The molecule has 1 aromatic heterocycles. The van der Waals surface area contributed by atoms with Gasteiger partial charge >= 0.3 is 5.71 Å². The van der Waals surface area contributed by atoms with Crippen LogP contribution in [0.25, 0.3) is 6.08 Å². The fourth-order valence-corrected chi connectivity index (χ4v) is 6.03. The van der Waals surface area contributed by atoms with Crippen molar-refractivity contribution in [3.63, 3.8) is 0 Å². The Bertz CT molecular complexity index is 1430. The van der Waals surface area contributed by atoms with E-state index in [1.54, 1.807) is 11.3 Å². The zero-order valence-corrected chi connectivity index (χ0v) is 24.8. The quantitative estimate of drug-likeness (QED) is 0.226. The topological polar surface area (TPSA) is 70.8 Å². The predicted molar refractivity (Wildman–Crippen MR) is 165 cm³/mol. The third kappa shape index (κ3) is 6.56. The number of hydrogen-bond acceptors (Lipinski definition) is 5. The van der Waals surface area contributed by atoms with E-state index in [4.69, 9.17) is 0 Å². The Balaban J connectivity index is 1.66. The minimum atomic E-state index is -0.147. The lowest BCUT2D eigenvalue weighted by Crippen LogP contribution is -2.17. The molecule has 4 rings (SSSR count). The number of carbonyl (C=O) groups is 1. The Morgan fingerprint density at radius 1 is 1.18 bits per heavy atom. The van der Waals surface area contributed by atoms with Crippen molar-refractivity contribution in [2.45, 2.75) is 66.0 Å². The van der Waals surface area contributed by atoms with E-state index in [0.717, 1.165) is 65.3 Å². The van der Waals surface area contributed by atoms with Crippen LogP contribution in [0.15, 0.2) is 53.0 Å². The number of amides is 1. The molecule has 0 fully saturated rings. The number of hydrogen-bond donors (Lipinski definition) is 2. The summed E-state index contributed by atoms with van der Waals surface area (Å²) in [5.74, 6) is -0.147. The van der Waals surface area contributed by atoms with Crippen LogP contribution in [0.5, 0.6) is 0 Å². The Labute approximate surface area is 236 Å². The van der Waals surface area contributed by atoms with Gasteiger partial charge in [0.1, 0.15) is 5.11 Å². The van der Waals surface area contributed by atoms with Crippen LogP contribution in [0.2, 0.25) is 0 Å². The first-order valence-electron chi connectivity index (χ1n) is 13.8. The summed E-state index contributed by atoms with van der Waals surface area (Å²) in [6.07, 6.45) is 8.01. The summed E-state index contributed by atoms with van der Waals surface area (Å²) in [4.78, 5) is 21.1. The maximum absolute atomic E-state index is 13.6. The van der Waals surface area contributed by atoms with Gasteiger partial charge in [0, 0.05) is 23.2 Å². The highest BCUT2D eigenvalue weighted by Gasteiger charge is 2.33. The molecule has 2 N–H and O–H groups in total. The zero-order valence-electron chi connectivity index (χ0n) is 24.0. The summed E-state index contributed by atoms with van der Waals surface area (Å²) in [5.41, 5.74) is 8.70. The first-order chi connectivity index (χ1) is 18.9. The van der Waals surface area contributed by atoms with Crippen LogP contribution in [0.3, 0.4) is 0 Å². The Morgan fingerprint density at radius 2 is 2.00 bits per heavy atom. The average Bonchev–Trinajstić information content (AvgIpc) is 3.49. The van der Waals surface area contributed by atoms with Gasteiger partial charge in [-0.3, -0.25) is 4.79 Å². The first kappa shape index (κ1) is 28.5. The van der Waals surface area contributed by atoms with E-state index in [0.29, 0.717) is 11.3 Å². The van der Waals surface area contributed by atoms with Crippen molar-refractivity contribution in [2.24, 2.45) is 5.11 Å². The molecule has 3 aromatic rings. The number of nitrogens with one attached hydrogen (secondary N) is 2. The summed E-state index contributed by atoms with van der Waals surface area (Å²) in [5, 5.41) is 13.3. The lowest BCUT2D eigenvalue weighted by molar-refractivity contribution is -0.0730. The van der Waals surface area contributed by atoms with Gasteiger partial charge in [-0.25, -0.2) is 0 Å². The van der Waals surface area contributed by atoms with Crippen molar-refractivity contribution in [1.29, 1.82) is 0 Å². The molecule has 1 aliphatic rings. The summed E-state index contributed by atoms with van der Waals surface area (Å²) >= 11 is 1.55. The molecule has 0 spiro atoms. The second-order valence-corrected chi connectivity index (χ2v) is 11.2. The molecule has 2 heterocycles. The van der Waals surface area contributed by atoms with E-state index in [1.165, 1.54) is 11.1 Å². The summed E-state index contributed by atoms with van der Waals surface area (Å²) in [7, 11) is 4.17. The van der Waals surface area contributed by atoms with E-state index < -0.39 is 0 Å². The van der Waals surface area contributed by atoms with Crippen LogP contribution < -0.4 is 10.6 Å². The van der Waals surface area contributed by atoms with Gasteiger partial charge in [0.15, 0.2) is 10.6 Å². The van der Waals surface area contributed by atoms with Gasteiger partial charge < -0.3 is 15.5 Å². The monoisotopic (exact) mass is 542 g/mol. The summed E-state index contributed by atoms with van der Waals surface area (Å²) in [6, 6.07) is 13.0. The average molecular weight is 543 g/mol. The van der Waals surface area contributed by atoms with Crippen molar-refractivity contribution < 1.29 is 9.58 Å². The second-order valence-electron chi connectivity index (χ2n) is 10.4. The van der Waals surface area contributed by atoms with Crippen LogP contribution in [-0.2, 0) is 6.54 Å². The molecule has 0 radical (unpaired) electrons. The fraction of sp³-hybridized carbons (Fsp3) is 0.375. The van der Waals surface area contributed by atoms with E-state index in [2.05, 4.69) is 95.9 Å². The number of allylic oxidation sites excluding steroid dienone is 1. The molecule has 2 aromatic carbocycles. The second kappa shape index (κ2) is 13.0. The molecule has 1 unspecified atom stereocenters. The smallest absolute Gasteiger partial charge is 0.361 e. The number of benzene rings is 2. The lowest BCUT2D eigenvalue weighted by atomic mass is 9.92. The van der Waals surface area contributed by atoms with Gasteiger partial charge in [0.25, 0.3) is 5.91 Å². The Morgan fingerprint density at radius 3 is 2.72 bits per heavy atom. The Hall–Kier alpha value is -3.51. The maximum Gasteiger partial charge on any atom is 0.361 e. The number of fused-ring (bicyclic) bond motifs is 1. The molecule has 7 heteroatoms. The van der Waals surface area contributed by atoms with Crippen molar-refractivity contribution >= 4 is 46.1 Å². The predicted octanol–water partition coefficient (Wildman–Crippen LogP) is 8.25. The largest absolute Gasteiger partial charge is 0.378 e. The highest BCUT2D eigenvalue weighted by atomic mass is 32.1. The highest BCUT2D eigenvalue weighted by molar-refractivity contribution is 7.13. The SMILES string of the molecule is CC=Cc1c(C(CCC)Nc2cccc(CN(C)C)c2)ccc(C)c1NC(=O)c1csc2c1N=[N+]=C2CCC. The first-order valence-corrected chi connectivity index (χ1v) is 14.7. The van der Waals surface area contributed by atoms with E-state index in [-0.39, 0.29) is 11.9 Å². The number of carbonyl (C=O) groups excluding carboxylic acids is 1. The van der Waals surface area contributed by atoms with Crippen molar-refractivity contribution in [1.82, 2.24) is 4.90 Å². The molecular formula is C32H40N5OS+. The molecule has 0 saturated heterocycles. The van der Waals surface area contributed by atoms with Gasteiger partial charge in [-0.2, -0.15) is 0 Å². The molecule has 39 heavy (non-hydrogen) atoms. The van der Waals surface area contributed by atoms with Crippen LogP contribution in [-0.4, -0.2) is 35.4 Å². The molecule has 0 aliphatic carbocycles.